The van der Waals surface area contributed by atoms with Crippen LogP contribution in [0.3, 0.4) is 0 Å². The molecule has 1 fully saturated rings. The summed E-state index contributed by atoms with van der Waals surface area (Å²) in [6.07, 6.45) is 5.76. The van der Waals surface area contributed by atoms with E-state index in [2.05, 4.69) is 51.4 Å². The molecule has 0 amide bonds. The third kappa shape index (κ3) is 1.96. The maximum atomic E-state index is 5.75. The Bertz CT molecular complexity index is 677. The zero-order valence-electron chi connectivity index (χ0n) is 11.6. The van der Waals surface area contributed by atoms with Crippen LogP contribution in [0.15, 0.2) is 42.5 Å². The van der Waals surface area contributed by atoms with E-state index in [1.807, 2.05) is 6.07 Å². The topological polar surface area (TPSA) is 90.7 Å². The van der Waals surface area contributed by atoms with Crippen LogP contribution in [-0.4, -0.2) is 15.0 Å². The van der Waals surface area contributed by atoms with Gasteiger partial charge in [-0.25, -0.2) is 0 Å². The summed E-state index contributed by atoms with van der Waals surface area (Å²) in [4.78, 5) is 12.6. The molecule has 2 aromatic rings. The van der Waals surface area contributed by atoms with Crippen LogP contribution in [0, 0.1) is 11.8 Å². The van der Waals surface area contributed by atoms with Gasteiger partial charge in [-0.15, -0.1) is 0 Å². The highest BCUT2D eigenvalue weighted by molar-refractivity contribution is 5.36. The Kier molecular flexibility index (Phi) is 2.67. The lowest BCUT2D eigenvalue weighted by Crippen LogP contribution is -2.20. The first kappa shape index (κ1) is 12.3. The number of rotatable bonds is 2. The summed E-state index contributed by atoms with van der Waals surface area (Å²) in [5.74, 6) is 2.76. The third-order valence-corrected chi connectivity index (χ3v) is 4.63. The van der Waals surface area contributed by atoms with Crippen molar-refractivity contribution in [3.05, 3.63) is 53.9 Å². The van der Waals surface area contributed by atoms with Gasteiger partial charge < -0.3 is 11.5 Å². The molecule has 1 heterocycles. The van der Waals surface area contributed by atoms with Gasteiger partial charge in [0, 0.05) is 11.8 Å². The first-order chi connectivity index (χ1) is 10.2. The molecule has 0 spiro atoms. The summed E-state index contributed by atoms with van der Waals surface area (Å²) >= 11 is 0. The summed E-state index contributed by atoms with van der Waals surface area (Å²) in [6, 6.07) is 10.6. The van der Waals surface area contributed by atoms with Crippen molar-refractivity contribution in [1.82, 2.24) is 15.0 Å². The van der Waals surface area contributed by atoms with Gasteiger partial charge in [-0.05, 0) is 23.8 Å². The average Bonchev–Trinajstić information content (AvgIpc) is 3.07. The van der Waals surface area contributed by atoms with Gasteiger partial charge in [0.25, 0.3) is 0 Å². The van der Waals surface area contributed by atoms with E-state index in [9.17, 15) is 0 Å². The van der Waals surface area contributed by atoms with E-state index in [0.29, 0.717) is 17.8 Å². The summed E-state index contributed by atoms with van der Waals surface area (Å²) < 4.78 is 0. The van der Waals surface area contributed by atoms with Crippen molar-refractivity contribution in [3.8, 4) is 0 Å². The summed E-state index contributed by atoms with van der Waals surface area (Å²) in [5, 5.41) is 0. The lowest BCUT2D eigenvalue weighted by molar-refractivity contribution is 0.486. The van der Waals surface area contributed by atoms with Gasteiger partial charge in [0.1, 0.15) is 5.82 Å². The summed E-state index contributed by atoms with van der Waals surface area (Å²) in [6.45, 7) is 0. The smallest absolute Gasteiger partial charge is 0.225 e. The molecule has 0 saturated heterocycles. The Labute approximate surface area is 123 Å². The lowest BCUT2D eigenvalue weighted by atomic mass is 9.78. The highest BCUT2D eigenvalue weighted by Gasteiger charge is 2.47. The number of benzene rings is 1. The number of anilines is 2. The Balaban J connectivity index is 1.80. The van der Waals surface area contributed by atoms with Crippen LogP contribution in [0.4, 0.5) is 11.9 Å². The zero-order chi connectivity index (χ0) is 14.4. The Morgan fingerprint density at radius 2 is 1.43 bits per heavy atom. The van der Waals surface area contributed by atoms with Crippen LogP contribution in [0.25, 0.3) is 0 Å². The minimum Gasteiger partial charge on any atom is -0.368 e. The average molecular weight is 279 g/mol. The fraction of sp³-hybridized carbons (Fsp3) is 0.312. The number of hydrogen-bond donors (Lipinski definition) is 2. The quantitative estimate of drug-likeness (QED) is 0.822. The second-order valence-electron chi connectivity index (χ2n) is 5.82. The second-order valence-corrected chi connectivity index (χ2v) is 5.82. The predicted molar refractivity (Wildman–Crippen MR) is 81.3 cm³/mol. The standard InChI is InChI=1S/C16H17N5/c17-15-19-14(20-16(18)21-15)13-11-7-6-10(8-11)12(13)9-4-2-1-3-5-9/h1-7,10-13H,8H2,(H4,17,18,19,20,21). The van der Waals surface area contributed by atoms with E-state index in [0.717, 1.165) is 12.2 Å². The monoisotopic (exact) mass is 279 g/mol. The van der Waals surface area contributed by atoms with Crippen LogP contribution in [0.2, 0.25) is 0 Å². The van der Waals surface area contributed by atoms with Crippen LogP contribution in [-0.2, 0) is 0 Å². The minimum absolute atomic E-state index is 0.205. The molecule has 1 aromatic heterocycles. The van der Waals surface area contributed by atoms with Gasteiger partial charge in [0.05, 0.1) is 0 Å². The first-order valence-electron chi connectivity index (χ1n) is 7.22. The largest absolute Gasteiger partial charge is 0.368 e. The molecule has 0 radical (unpaired) electrons. The summed E-state index contributed by atoms with van der Waals surface area (Å²) in [7, 11) is 0. The SMILES string of the molecule is Nc1nc(N)nc(C2C3C=CC(C3)C2c2ccccc2)n1. The molecule has 4 atom stereocenters. The van der Waals surface area contributed by atoms with Gasteiger partial charge in [-0.1, -0.05) is 42.5 Å². The molecular weight excluding hydrogens is 262 g/mol. The van der Waals surface area contributed by atoms with Crippen molar-refractivity contribution in [1.29, 1.82) is 0 Å². The molecule has 0 aliphatic heterocycles. The number of nitrogens with two attached hydrogens (primary N) is 2. The Morgan fingerprint density at radius 1 is 0.810 bits per heavy atom. The highest BCUT2D eigenvalue weighted by atomic mass is 15.1. The fourth-order valence-electron chi connectivity index (χ4n) is 3.88. The number of aromatic nitrogens is 3. The molecule has 5 nitrogen and oxygen atoms in total. The summed E-state index contributed by atoms with van der Waals surface area (Å²) in [5.41, 5.74) is 12.8. The molecule has 4 N–H and O–H groups in total. The van der Waals surface area contributed by atoms with Crippen molar-refractivity contribution >= 4 is 11.9 Å². The number of allylic oxidation sites excluding steroid dienone is 2. The van der Waals surface area contributed by atoms with Crippen LogP contribution in [0.1, 0.15) is 29.6 Å². The van der Waals surface area contributed by atoms with E-state index in [-0.39, 0.29) is 17.8 Å². The van der Waals surface area contributed by atoms with Gasteiger partial charge in [0.2, 0.25) is 11.9 Å². The molecule has 5 heteroatoms. The molecule has 1 aromatic carbocycles. The highest BCUT2D eigenvalue weighted by Crippen LogP contribution is 2.56. The van der Waals surface area contributed by atoms with Gasteiger partial charge >= 0.3 is 0 Å². The Hall–Kier alpha value is -2.43. The normalized spacial score (nSPS) is 29.9. The molecule has 21 heavy (non-hydrogen) atoms. The van der Waals surface area contributed by atoms with E-state index >= 15 is 0 Å². The van der Waals surface area contributed by atoms with E-state index in [1.165, 1.54) is 5.56 Å². The van der Waals surface area contributed by atoms with Crippen molar-refractivity contribution in [2.24, 2.45) is 11.8 Å². The van der Waals surface area contributed by atoms with Crippen molar-refractivity contribution in [3.63, 3.8) is 0 Å². The molecular formula is C16H17N5. The van der Waals surface area contributed by atoms with E-state index in [4.69, 9.17) is 11.5 Å². The van der Waals surface area contributed by atoms with Gasteiger partial charge in [-0.2, -0.15) is 15.0 Å². The van der Waals surface area contributed by atoms with Gasteiger partial charge in [0.15, 0.2) is 0 Å². The molecule has 106 valence electrons. The van der Waals surface area contributed by atoms with Crippen molar-refractivity contribution in [2.75, 3.05) is 11.5 Å². The first-order valence-corrected chi connectivity index (χ1v) is 7.22. The van der Waals surface area contributed by atoms with Crippen LogP contribution < -0.4 is 11.5 Å². The third-order valence-electron chi connectivity index (χ3n) is 4.63. The fourth-order valence-corrected chi connectivity index (χ4v) is 3.88. The molecule has 1 saturated carbocycles. The molecule has 4 rings (SSSR count). The predicted octanol–water partition coefficient (Wildman–Crippen LogP) is 2.11. The second kappa shape index (κ2) is 4.55. The Morgan fingerprint density at radius 3 is 2.10 bits per heavy atom. The maximum absolute atomic E-state index is 5.75. The van der Waals surface area contributed by atoms with Crippen molar-refractivity contribution in [2.45, 2.75) is 18.3 Å². The number of fused-ring (bicyclic) bond motifs is 2. The van der Waals surface area contributed by atoms with Crippen molar-refractivity contribution < 1.29 is 0 Å². The molecule has 4 unspecified atom stereocenters. The van der Waals surface area contributed by atoms with E-state index < -0.39 is 0 Å². The molecule has 2 aliphatic rings. The maximum Gasteiger partial charge on any atom is 0.225 e. The molecule has 2 bridgehead atoms. The number of nitrogens with zero attached hydrogens (tertiary/aromatic N) is 3. The number of nitrogen functional groups attached to an aromatic ring is 2. The van der Waals surface area contributed by atoms with Gasteiger partial charge in [-0.3, -0.25) is 0 Å². The van der Waals surface area contributed by atoms with E-state index in [1.54, 1.807) is 0 Å². The zero-order valence-corrected chi connectivity index (χ0v) is 11.6. The van der Waals surface area contributed by atoms with Crippen LogP contribution in [0.5, 0.6) is 0 Å². The molecule has 2 aliphatic carbocycles. The number of hydrogen-bond acceptors (Lipinski definition) is 5. The van der Waals surface area contributed by atoms with Crippen LogP contribution >= 0.6 is 0 Å². The lowest BCUT2D eigenvalue weighted by Gasteiger charge is -2.27. The minimum atomic E-state index is 0.205.